The lowest BCUT2D eigenvalue weighted by molar-refractivity contribution is 0.0861. The van der Waals surface area contributed by atoms with Crippen molar-refractivity contribution in [3.05, 3.63) is 35.9 Å². The highest BCUT2D eigenvalue weighted by atomic mass is 15.2. The van der Waals surface area contributed by atoms with Gasteiger partial charge in [-0.05, 0) is 32.9 Å². The van der Waals surface area contributed by atoms with Gasteiger partial charge in [-0.2, -0.15) is 0 Å². The van der Waals surface area contributed by atoms with Gasteiger partial charge in [0.15, 0.2) is 0 Å². The smallest absolute Gasteiger partial charge is 0.0335 e. The molecule has 1 atom stereocenters. The Balaban J connectivity index is 2.04. The number of nitrogens with zero attached hydrogens (tertiary/aromatic N) is 1. The molecule has 2 N–H and O–H groups in total. The van der Waals surface area contributed by atoms with Gasteiger partial charge in [0.05, 0.1) is 0 Å². The molecule has 1 heterocycles. The first-order valence-electron chi connectivity index (χ1n) is 7.31. The topological polar surface area (TPSA) is 27.3 Å². The Morgan fingerprint density at radius 3 is 2.42 bits per heavy atom. The maximum Gasteiger partial charge on any atom is 0.0335 e. The highest BCUT2D eigenvalue weighted by Crippen LogP contribution is 2.28. The molecule has 1 saturated heterocycles. The fourth-order valence-electron chi connectivity index (χ4n) is 2.97. The van der Waals surface area contributed by atoms with Gasteiger partial charge in [-0.25, -0.2) is 0 Å². The van der Waals surface area contributed by atoms with Crippen molar-refractivity contribution in [2.75, 3.05) is 33.2 Å². The van der Waals surface area contributed by atoms with E-state index < -0.39 is 0 Å². The van der Waals surface area contributed by atoms with Crippen LogP contribution in [0.15, 0.2) is 30.3 Å². The summed E-state index contributed by atoms with van der Waals surface area (Å²) < 4.78 is 0. The van der Waals surface area contributed by atoms with Crippen LogP contribution in [0.3, 0.4) is 0 Å². The van der Waals surface area contributed by atoms with Crippen LogP contribution in [0, 0.1) is 0 Å². The maximum atomic E-state index is 3.47. The summed E-state index contributed by atoms with van der Waals surface area (Å²) in [6, 6.07) is 11.2. The van der Waals surface area contributed by atoms with Crippen molar-refractivity contribution in [3.63, 3.8) is 0 Å². The lowest BCUT2D eigenvalue weighted by Gasteiger charge is -2.43. The minimum atomic E-state index is 0.228. The van der Waals surface area contributed by atoms with Gasteiger partial charge in [0.25, 0.3) is 0 Å². The van der Waals surface area contributed by atoms with Crippen LogP contribution in [0.25, 0.3) is 0 Å². The molecule has 0 aliphatic carbocycles. The standard InChI is InChI=1S/C16H27N3/c1-16(2,19-11-9-18-10-12-19)13-15(17-3)14-7-5-4-6-8-14/h4-8,15,17-18H,9-13H2,1-3H3. The maximum absolute atomic E-state index is 3.47. The molecule has 3 nitrogen and oxygen atoms in total. The van der Waals surface area contributed by atoms with Crippen LogP contribution in [-0.2, 0) is 0 Å². The normalized spacial score (nSPS) is 19.3. The van der Waals surface area contributed by atoms with Gasteiger partial charge in [0, 0.05) is 37.8 Å². The quantitative estimate of drug-likeness (QED) is 0.849. The van der Waals surface area contributed by atoms with Crippen LogP contribution in [0.1, 0.15) is 31.9 Å². The highest BCUT2D eigenvalue weighted by molar-refractivity contribution is 5.19. The molecule has 0 aromatic heterocycles. The molecule has 1 aliphatic rings. The molecule has 0 saturated carbocycles. The van der Waals surface area contributed by atoms with Crippen molar-refractivity contribution in [3.8, 4) is 0 Å². The summed E-state index contributed by atoms with van der Waals surface area (Å²) in [5, 5.41) is 6.90. The first-order valence-corrected chi connectivity index (χ1v) is 7.31. The second kappa shape index (κ2) is 6.51. The lowest BCUT2D eigenvalue weighted by atomic mass is 9.89. The van der Waals surface area contributed by atoms with E-state index in [1.54, 1.807) is 0 Å². The van der Waals surface area contributed by atoms with E-state index in [1.807, 2.05) is 0 Å². The average Bonchev–Trinajstić information content (AvgIpc) is 2.47. The molecular formula is C16H27N3. The largest absolute Gasteiger partial charge is 0.314 e. The first-order chi connectivity index (χ1) is 9.13. The van der Waals surface area contributed by atoms with Crippen LogP contribution in [0.5, 0.6) is 0 Å². The number of piperazine rings is 1. The van der Waals surface area contributed by atoms with E-state index in [0.717, 1.165) is 32.6 Å². The van der Waals surface area contributed by atoms with Gasteiger partial charge in [0.2, 0.25) is 0 Å². The van der Waals surface area contributed by atoms with Crippen molar-refractivity contribution in [2.24, 2.45) is 0 Å². The fraction of sp³-hybridized carbons (Fsp3) is 0.625. The van der Waals surface area contributed by atoms with Crippen molar-refractivity contribution < 1.29 is 0 Å². The molecule has 106 valence electrons. The van der Waals surface area contributed by atoms with Crippen molar-refractivity contribution in [2.45, 2.75) is 31.8 Å². The van der Waals surface area contributed by atoms with Gasteiger partial charge in [-0.15, -0.1) is 0 Å². The molecule has 1 unspecified atom stereocenters. The average molecular weight is 261 g/mol. The number of rotatable bonds is 5. The van der Waals surface area contributed by atoms with Crippen LogP contribution in [0.2, 0.25) is 0 Å². The van der Waals surface area contributed by atoms with Gasteiger partial charge in [-0.3, -0.25) is 4.90 Å². The predicted molar refractivity (Wildman–Crippen MR) is 81.4 cm³/mol. The first kappa shape index (κ1) is 14.5. The minimum Gasteiger partial charge on any atom is -0.314 e. The molecule has 1 aromatic rings. The summed E-state index contributed by atoms with van der Waals surface area (Å²) in [5.41, 5.74) is 1.61. The van der Waals surface area contributed by atoms with Crippen LogP contribution >= 0.6 is 0 Å². The zero-order chi connectivity index (χ0) is 13.7. The van der Waals surface area contributed by atoms with Crippen molar-refractivity contribution in [1.29, 1.82) is 0 Å². The van der Waals surface area contributed by atoms with Gasteiger partial charge in [-0.1, -0.05) is 30.3 Å². The van der Waals surface area contributed by atoms with Crippen LogP contribution in [-0.4, -0.2) is 43.7 Å². The predicted octanol–water partition coefficient (Wildman–Crippen LogP) is 2.02. The lowest BCUT2D eigenvalue weighted by Crippen LogP contribution is -2.54. The Labute approximate surface area is 117 Å². The van der Waals surface area contributed by atoms with E-state index in [1.165, 1.54) is 5.56 Å². The number of hydrogen-bond donors (Lipinski definition) is 2. The zero-order valence-corrected chi connectivity index (χ0v) is 12.4. The van der Waals surface area contributed by atoms with E-state index in [0.29, 0.717) is 6.04 Å². The Hall–Kier alpha value is -0.900. The fourth-order valence-corrected chi connectivity index (χ4v) is 2.97. The van der Waals surface area contributed by atoms with Gasteiger partial charge >= 0.3 is 0 Å². The Bertz CT molecular complexity index is 369. The summed E-state index contributed by atoms with van der Waals surface area (Å²) in [6.45, 7) is 9.26. The zero-order valence-electron chi connectivity index (χ0n) is 12.4. The summed E-state index contributed by atoms with van der Waals surface area (Å²) in [4.78, 5) is 2.61. The van der Waals surface area contributed by atoms with Gasteiger partial charge < -0.3 is 10.6 Å². The van der Waals surface area contributed by atoms with E-state index in [2.05, 4.69) is 66.8 Å². The van der Waals surface area contributed by atoms with Crippen LogP contribution in [0.4, 0.5) is 0 Å². The molecule has 19 heavy (non-hydrogen) atoms. The van der Waals surface area contributed by atoms with Crippen LogP contribution < -0.4 is 10.6 Å². The Morgan fingerprint density at radius 1 is 1.21 bits per heavy atom. The molecule has 3 heteroatoms. The van der Waals surface area contributed by atoms with E-state index >= 15 is 0 Å². The van der Waals surface area contributed by atoms with Crippen molar-refractivity contribution in [1.82, 2.24) is 15.5 Å². The van der Waals surface area contributed by atoms with E-state index in [9.17, 15) is 0 Å². The van der Waals surface area contributed by atoms with Gasteiger partial charge in [0.1, 0.15) is 0 Å². The minimum absolute atomic E-state index is 0.228. The molecule has 0 radical (unpaired) electrons. The Kier molecular flexibility index (Phi) is 4.97. The van der Waals surface area contributed by atoms with Crippen molar-refractivity contribution >= 4 is 0 Å². The molecule has 0 spiro atoms. The third-order valence-corrected chi connectivity index (χ3v) is 4.23. The Morgan fingerprint density at radius 2 is 1.84 bits per heavy atom. The summed E-state index contributed by atoms with van der Waals surface area (Å²) >= 11 is 0. The molecule has 0 bridgehead atoms. The van der Waals surface area contributed by atoms with E-state index in [4.69, 9.17) is 0 Å². The second-order valence-electron chi connectivity index (χ2n) is 6.01. The highest BCUT2D eigenvalue weighted by Gasteiger charge is 2.30. The summed E-state index contributed by atoms with van der Waals surface area (Å²) in [6.07, 6.45) is 1.13. The number of nitrogens with one attached hydrogen (secondary N) is 2. The monoisotopic (exact) mass is 261 g/mol. The summed E-state index contributed by atoms with van der Waals surface area (Å²) in [5.74, 6) is 0. The molecule has 1 aliphatic heterocycles. The SMILES string of the molecule is CNC(CC(C)(C)N1CCNCC1)c1ccccc1. The molecule has 2 rings (SSSR count). The molecule has 1 fully saturated rings. The summed E-state index contributed by atoms with van der Waals surface area (Å²) in [7, 11) is 2.06. The number of benzene rings is 1. The van der Waals surface area contributed by atoms with E-state index in [-0.39, 0.29) is 5.54 Å². The molecular weight excluding hydrogens is 234 g/mol. The molecule has 1 aromatic carbocycles. The third-order valence-electron chi connectivity index (χ3n) is 4.23. The molecule has 0 amide bonds. The third kappa shape index (κ3) is 3.78. The second-order valence-corrected chi connectivity index (χ2v) is 6.01. The number of hydrogen-bond acceptors (Lipinski definition) is 3.